The van der Waals surface area contributed by atoms with Crippen molar-refractivity contribution in [3.05, 3.63) is 311 Å². The molecule has 0 amide bonds. The highest BCUT2D eigenvalue weighted by Crippen LogP contribution is 2.47. The topological polar surface area (TPSA) is 62.3 Å². The first-order chi connectivity index (χ1) is 39.2. The monoisotopic (exact) mass is 1040 g/mol. The van der Waals surface area contributed by atoms with Gasteiger partial charge >= 0.3 is 0 Å². The second-order valence-electron chi connectivity index (χ2n) is 20.5. The number of nitrogens with zero attached hydrogens (tertiary/aromatic N) is 4. The Morgan fingerprint density at radius 1 is 0.329 bits per heavy atom. The summed E-state index contributed by atoms with van der Waals surface area (Å²) in [5, 5.41) is 8.88. The number of aromatic nitrogens is 4. The fourth-order valence-corrected chi connectivity index (χ4v) is 11.3. The molecule has 0 spiro atoms. The number of unbranched alkanes of at least 4 members (excludes halogenated alkanes) is 6. The van der Waals surface area contributed by atoms with Gasteiger partial charge in [0.2, 0.25) is 0 Å². The van der Waals surface area contributed by atoms with Crippen LogP contribution in [0.1, 0.15) is 108 Å². The molecular weight excluding hydrogens is 969 g/mol. The molecule has 8 aromatic carbocycles. The third kappa shape index (κ3) is 13.4. The summed E-state index contributed by atoms with van der Waals surface area (Å²) in [4.78, 5) is 0. The summed E-state index contributed by atoms with van der Waals surface area (Å²) >= 11 is 0. The van der Waals surface area contributed by atoms with E-state index in [2.05, 4.69) is 276 Å². The SMILES string of the molecule is c1ccc(C(c2ccccc2)(c2ccccc2)c2ccc(OCCCn3cc(CCCCCCCCCOc4cc[n+](CCCOc5ccc(C(c6ccccc6)(c6ccccc6)c6ccccc6)cc5)cc4)nn3)cc2)cc1. The minimum atomic E-state index is -0.469. The molecule has 0 radical (unpaired) electrons. The van der Waals surface area contributed by atoms with Crippen molar-refractivity contribution in [2.75, 3.05) is 19.8 Å². The molecule has 10 rings (SSSR count). The smallest absolute Gasteiger partial charge is 0.172 e. The van der Waals surface area contributed by atoms with Crippen molar-refractivity contribution in [1.29, 1.82) is 0 Å². The Morgan fingerprint density at radius 3 is 1.06 bits per heavy atom. The maximum absolute atomic E-state index is 6.27. The standard InChI is InChI=1S/C72H73N4O3/c1(2-4-24-40-67-58-76(74-73-67)52-27-57-79-69-47-43-66(44-48-69)72(62-34-18-9-19-35-62,63-36-20-10-21-37-63)64-38-22-11-23-39-64)3-5-25-55-77-70-49-53-75(54-50-70)51-26-56-78-68-45-41-65(42-46-68)71(59-28-12-6-13-29-59,60-30-14-7-15-31-60)61-32-16-8-17-33-61/h6-23,28-39,41-50,53-54,58H,1-5,24-27,40,51-52,55-57H2/q+1. The van der Waals surface area contributed by atoms with Crippen LogP contribution >= 0.6 is 0 Å². The molecule has 7 heteroatoms. The van der Waals surface area contributed by atoms with Crippen molar-refractivity contribution in [3.63, 3.8) is 0 Å². The normalized spacial score (nSPS) is 11.5. The van der Waals surface area contributed by atoms with Crippen LogP contribution in [0.2, 0.25) is 0 Å². The number of benzene rings is 8. The van der Waals surface area contributed by atoms with E-state index in [0.29, 0.717) is 13.2 Å². The van der Waals surface area contributed by atoms with E-state index in [9.17, 15) is 0 Å². The Labute approximate surface area is 468 Å². The van der Waals surface area contributed by atoms with Crippen LogP contribution in [-0.2, 0) is 30.3 Å². The molecule has 0 saturated carbocycles. The van der Waals surface area contributed by atoms with Crippen LogP contribution < -0.4 is 18.8 Å². The average Bonchev–Trinajstić information content (AvgIpc) is 4.15. The van der Waals surface area contributed by atoms with Gasteiger partial charge in [-0.05, 0) is 88.0 Å². The van der Waals surface area contributed by atoms with Gasteiger partial charge in [-0.25, -0.2) is 4.57 Å². The minimum absolute atomic E-state index is 0.465. The molecule has 0 aliphatic heterocycles. The molecule has 0 aliphatic carbocycles. The van der Waals surface area contributed by atoms with E-state index in [-0.39, 0.29) is 0 Å². The fraction of sp³-hybridized carbons (Fsp3) is 0.236. The summed E-state index contributed by atoms with van der Waals surface area (Å²) < 4.78 is 22.8. The lowest BCUT2D eigenvalue weighted by Crippen LogP contribution is -2.33. The highest BCUT2D eigenvalue weighted by Gasteiger charge is 2.39. The first-order valence-electron chi connectivity index (χ1n) is 28.5. The Morgan fingerprint density at radius 2 is 0.658 bits per heavy atom. The van der Waals surface area contributed by atoms with Gasteiger partial charge in [0, 0.05) is 37.7 Å². The number of hydrogen-bond acceptors (Lipinski definition) is 5. The van der Waals surface area contributed by atoms with Gasteiger partial charge in [-0.2, -0.15) is 0 Å². The van der Waals surface area contributed by atoms with Crippen molar-refractivity contribution >= 4 is 0 Å². The van der Waals surface area contributed by atoms with Crippen LogP contribution in [-0.4, -0.2) is 34.8 Å². The van der Waals surface area contributed by atoms with Gasteiger partial charge in [-0.1, -0.05) is 244 Å². The van der Waals surface area contributed by atoms with E-state index in [1.54, 1.807) is 0 Å². The van der Waals surface area contributed by atoms with Gasteiger partial charge in [0.25, 0.3) is 0 Å². The molecular formula is C72H73N4O3+. The van der Waals surface area contributed by atoms with E-state index >= 15 is 0 Å². The zero-order valence-electron chi connectivity index (χ0n) is 45.4. The maximum atomic E-state index is 6.27. The first kappa shape index (κ1) is 53.8. The van der Waals surface area contributed by atoms with E-state index in [1.807, 2.05) is 4.68 Å². The van der Waals surface area contributed by atoms with Crippen molar-refractivity contribution in [2.24, 2.45) is 0 Å². The van der Waals surface area contributed by atoms with E-state index in [1.165, 1.54) is 76.6 Å². The molecule has 10 aromatic rings. The summed E-state index contributed by atoms with van der Waals surface area (Å²) in [5.41, 5.74) is 9.90. The van der Waals surface area contributed by atoms with E-state index in [0.717, 1.165) is 74.7 Å². The highest BCUT2D eigenvalue weighted by molar-refractivity contribution is 5.61. The summed E-state index contributed by atoms with van der Waals surface area (Å²) in [5.74, 6) is 2.66. The summed E-state index contributed by atoms with van der Waals surface area (Å²) in [6.07, 6.45) is 17.3. The Hall–Kier alpha value is -8.55. The molecule has 7 nitrogen and oxygen atoms in total. The third-order valence-electron chi connectivity index (χ3n) is 15.2. The van der Waals surface area contributed by atoms with Crippen molar-refractivity contribution in [2.45, 2.75) is 88.1 Å². The molecule has 0 unspecified atom stereocenters. The second-order valence-corrected chi connectivity index (χ2v) is 20.5. The molecule has 0 N–H and O–H groups in total. The number of rotatable bonds is 29. The Bertz CT molecular complexity index is 3110. The fourth-order valence-electron chi connectivity index (χ4n) is 11.3. The molecule has 398 valence electrons. The highest BCUT2D eigenvalue weighted by atomic mass is 16.5. The third-order valence-corrected chi connectivity index (χ3v) is 15.2. The van der Waals surface area contributed by atoms with Gasteiger partial charge in [0.1, 0.15) is 17.2 Å². The predicted molar refractivity (Wildman–Crippen MR) is 318 cm³/mol. The lowest BCUT2D eigenvalue weighted by molar-refractivity contribution is -0.697. The predicted octanol–water partition coefficient (Wildman–Crippen LogP) is 15.6. The number of hydrogen-bond donors (Lipinski definition) is 0. The molecule has 2 aromatic heterocycles. The molecule has 2 heterocycles. The quantitative estimate of drug-likeness (QED) is 0.0266. The minimum Gasteiger partial charge on any atom is -0.494 e. The van der Waals surface area contributed by atoms with Crippen LogP contribution in [0.5, 0.6) is 17.2 Å². The van der Waals surface area contributed by atoms with E-state index in [4.69, 9.17) is 14.2 Å². The Kier molecular flexibility index (Phi) is 18.9. The largest absolute Gasteiger partial charge is 0.494 e. The van der Waals surface area contributed by atoms with Gasteiger partial charge in [0.05, 0.1) is 36.3 Å². The van der Waals surface area contributed by atoms with Gasteiger partial charge in [0.15, 0.2) is 18.9 Å². The molecule has 0 aliphatic rings. The average molecular weight is 1040 g/mol. The number of ether oxygens (including phenoxy) is 3. The van der Waals surface area contributed by atoms with Crippen molar-refractivity contribution in [3.8, 4) is 17.2 Å². The lowest BCUT2D eigenvalue weighted by atomic mass is 9.65. The Balaban J connectivity index is 0.582. The molecule has 0 saturated heterocycles. The first-order valence-corrected chi connectivity index (χ1v) is 28.5. The van der Waals surface area contributed by atoms with Crippen LogP contribution in [0.25, 0.3) is 0 Å². The maximum Gasteiger partial charge on any atom is 0.172 e. The summed E-state index contributed by atoms with van der Waals surface area (Å²) in [6.45, 7) is 3.63. The second kappa shape index (κ2) is 27.7. The number of pyridine rings is 1. The number of aryl methyl sites for hydroxylation is 3. The van der Waals surface area contributed by atoms with Gasteiger partial charge < -0.3 is 14.2 Å². The van der Waals surface area contributed by atoms with Crippen molar-refractivity contribution < 1.29 is 18.8 Å². The van der Waals surface area contributed by atoms with Crippen LogP contribution in [0.3, 0.4) is 0 Å². The van der Waals surface area contributed by atoms with Crippen LogP contribution in [0.15, 0.2) is 261 Å². The molecule has 0 fully saturated rings. The summed E-state index contributed by atoms with van der Waals surface area (Å²) in [6, 6.07) is 86.3. The molecule has 0 atom stereocenters. The van der Waals surface area contributed by atoms with Crippen LogP contribution in [0.4, 0.5) is 0 Å². The van der Waals surface area contributed by atoms with Crippen LogP contribution in [0, 0.1) is 0 Å². The zero-order valence-corrected chi connectivity index (χ0v) is 45.4. The zero-order chi connectivity index (χ0) is 53.6. The van der Waals surface area contributed by atoms with E-state index < -0.39 is 10.8 Å². The molecule has 0 bridgehead atoms. The summed E-state index contributed by atoms with van der Waals surface area (Å²) in [7, 11) is 0. The molecule has 79 heavy (non-hydrogen) atoms. The lowest BCUT2D eigenvalue weighted by Gasteiger charge is -2.36. The van der Waals surface area contributed by atoms with Gasteiger partial charge in [-0.3, -0.25) is 4.68 Å². The van der Waals surface area contributed by atoms with Gasteiger partial charge in [-0.15, -0.1) is 5.10 Å². The van der Waals surface area contributed by atoms with Crippen molar-refractivity contribution in [1.82, 2.24) is 15.0 Å².